The van der Waals surface area contributed by atoms with Crippen molar-refractivity contribution >= 4 is 5.69 Å². The Morgan fingerprint density at radius 3 is 2.38 bits per heavy atom. The van der Waals surface area contributed by atoms with Gasteiger partial charge in [0.05, 0.1) is 17.1 Å². The molecule has 1 aromatic heterocycles. The molecule has 0 aromatic carbocycles. The molecule has 21 heavy (non-hydrogen) atoms. The van der Waals surface area contributed by atoms with E-state index >= 15 is 0 Å². The second-order valence-electron chi connectivity index (χ2n) is 8.58. The predicted octanol–water partition coefficient (Wildman–Crippen LogP) is 4.71. The van der Waals surface area contributed by atoms with Gasteiger partial charge in [0, 0.05) is 12.1 Å². The number of aryl methyl sites for hydroxylation is 1. The maximum atomic E-state index is 4.74. The standard InChI is InChI=1S/C18H31N3/c1-11(2)21-13(4)15(12(3)20-21)19-16-17(5,6)14-8-9-18(16,7)10-14/h11,14,16,19H,8-10H2,1-7H3. The molecule has 0 aliphatic heterocycles. The number of aromatic nitrogens is 2. The van der Waals surface area contributed by atoms with Crippen molar-refractivity contribution in [3.63, 3.8) is 0 Å². The van der Waals surface area contributed by atoms with Gasteiger partial charge < -0.3 is 5.32 Å². The van der Waals surface area contributed by atoms with E-state index in [9.17, 15) is 0 Å². The lowest BCUT2D eigenvalue weighted by atomic mass is 9.68. The Bertz CT molecular complexity index is 550. The van der Waals surface area contributed by atoms with Gasteiger partial charge in [0.15, 0.2) is 0 Å². The second-order valence-corrected chi connectivity index (χ2v) is 8.58. The minimum Gasteiger partial charge on any atom is -0.378 e. The first-order valence-electron chi connectivity index (χ1n) is 8.49. The molecule has 0 spiro atoms. The molecular weight excluding hydrogens is 258 g/mol. The molecule has 1 aromatic rings. The molecule has 0 amide bonds. The van der Waals surface area contributed by atoms with Crippen LogP contribution < -0.4 is 5.32 Å². The lowest BCUT2D eigenvalue weighted by molar-refractivity contribution is 0.155. The number of nitrogens with one attached hydrogen (secondary N) is 1. The van der Waals surface area contributed by atoms with Gasteiger partial charge >= 0.3 is 0 Å². The normalized spacial score (nSPS) is 33.9. The van der Waals surface area contributed by atoms with Gasteiger partial charge in [-0.2, -0.15) is 5.10 Å². The molecule has 3 heteroatoms. The molecule has 2 saturated carbocycles. The highest BCUT2D eigenvalue weighted by atomic mass is 15.3. The summed E-state index contributed by atoms with van der Waals surface area (Å²) in [6.07, 6.45) is 4.16. The van der Waals surface area contributed by atoms with Crippen molar-refractivity contribution in [3.8, 4) is 0 Å². The van der Waals surface area contributed by atoms with Gasteiger partial charge in [0.2, 0.25) is 0 Å². The minimum atomic E-state index is 0.381. The van der Waals surface area contributed by atoms with E-state index in [1.807, 2.05) is 0 Å². The van der Waals surface area contributed by atoms with Crippen LogP contribution in [0.4, 0.5) is 5.69 Å². The Labute approximate surface area is 129 Å². The first-order chi connectivity index (χ1) is 9.67. The van der Waals surface area contributed by atoms with Crippen molar-refractivity contribution in [2.75, 3.05) is 5.32 Å². The molecule has 2 aliphatic carbocycles. The molecule has 2 bridgehead atoms. The van der Waals surface area contributed by atoms with Crippen LogP contribution in [0.15, 0.2) is 0 Å². The summed E-state index contributed by atoms with van der Waals surface area (Å²) in [6, 6.07) is 0.980. The van der Waals surface area contributed by atoms with E-state index in [1.165, 1.54) is 30.6 Å². The summed E-state index contributed by atoms with van der Waals surface area (Å²) in [4.78, 5) is 0. The van der Waals surface area contributed by atoms with Crippen molar-refractivity contribution in [1.29, 1.82) is 0 Å². The van der Waals surface area contributed by atoms with Gasteiger partial charge in [-0.15, -0.1) is 0 Å². The molecule has 3 rings (SSSR count). The highest BCUT2D eigenvalue weighted by Crippen LogP contribution is 2.63. The van der Waals surface area contributed by atoms with E-state index in [4.69, 9.17) is 5.10 Å². The lowest BCUT2D eigenvalue weighted by Gasteiger charge is -2.43. The van der Waals surface area contributed by atoms with Crippen molar-refractivity contribution in [2.45, 2.75) is 79.8 Å². The fraction of sp³-hybridized carbons (Fsp3) is 0.833. The monoisotopic (exact) mass is 289 g/mol. The Kier molecular flexibility index (Phi) is 3.20. The Balaban J connectivity index is 1.94. The first-order valence-corrected chi connectivity index (χ1v) is 8.49. The summed E-state index contributed by atoms with van der Waals surface area (Å²) in [7, 11) is 0. The van der Waals surface area contributed by atoms with Crippen LogP contribution in [0.3, 0.4) is 0 Å². The smallest absolute Gasteiger partial charge is 0.0828 e. The van der Waals surface area contributed by atoms with E-state index in [0.29, 0.717) is 22.9 Å². The third kappa shape index (κ3) is 2.03. The number of nitrogens with zero attached hydrogens (tertiary/aromatic N) is 2. The fourth-order valence-electron chi connectivity index (χ4n) is 5.18. The Morgan fingerprint density at radius 2 is 1.90 bits per heavy atom. The number of hydrogen-bond donors (Lipinski definition) is 1. The SMILES string of the molecule is Cc1nn(C(C)C)c(C)c1NC1C2(C)CCC(C2)C1(C)C. The average Bonchev–Trinajstić information content (AvgIpc) is 2.94. The summed E-state index contributed by atoms with van der Waals surface area (Å²) in [5.74, 6) is 0.876. The molecule has 2 aliphatic rings. The number of rotatable bonds is 3. The van der Waals surface area contributed by atoms with Gasteiger partial charge in [-0.3, -0.25) is 4.68 Å². The molecule has 1 N–H and O–H groups in total. The van der Waals surface area contributed by atoms with E-state index in [0.717, 1.165) is 11.6 Å². The van der Waals surface area contributed by atoms with Crippen molar-refractivity contribution in [1.82, 2.24) is 9.78 Å². The van der Waals surface area contributed by atoms with Gasteiger partial charge in [-0.25, -0.2) is 0 Å². The second kappa shape index (κ2) is 4.50. The third-order valence-corrected chi connectivity index (χ3v) is 6.37. The number of hydrogen-bond acceptors (Lipinski definition) is 2. The quantitative estimate of drug-likeness (QED) is 0.873. The third-order valence-electron chi connectivity index (χ3n) is 6.37. The van der Waals surface area contributed by atoms with Crippen LogP contribution in [0, 0.1) is 30.6 Å². The highest BCUT2D eigenvalue weighted by Gasteiger charge is 2.59. The van der Waals surface area contributed by atoms with Gasteiger partial charge in [0.1, 0.15) is 0 Å². The maximum absolute atomic E-state index is 4.74. The molecule has 0 saturated heterocycles. The molecule has 118 valence electrons. The lowest BCUT2D eigenvalue weighted by Crippen LogP contribution is -2.46. The summed E-state index contributed by atoms with van der Waals surface area (Å²) in [5.41, 5.74) is 4.53. The predicted molar refractivity (Wildman–Crippen MR) is 88.7 cm³/mol. The fourth-order valence-corrected chi connectivity index (χ4v) is 5.18. The molecule has 3 nitrogen and oxygen atoms in total. The van der Waals surface area contributed by atoms with Crippen LogP contribution in [-0.4, -0.2) is 15.8 Å². The summed E-state index contributed by atoms with van der Waals surface area (Å²) in [6.45, 7) is 16.1. The van der Waals surface area contributed by atoms with Crippen molar-refractivity contribution in [3.05, 3.63) is 11.4 Å². The summed E-state index contributed by atoms with van der Waals surface area (Å²) >= 11 is 0. The van der Waals surface area contributed by atoms with Crippen molar-refractivity contribution in [2.24, 2.45) is 16.7 Å². The largest absolute Gasteiger partial charge is 0.378 e. The van der Waals surface area contributed by atoms with E-state index in [1.54, 1.807) is 0 Å². The van der Waals surface area contributed by atoms with Crippen LogP contribution >= 0.6 is 0 Å². The molecule has 0 radical (unpaired) electrons. The van der Waals surface area contributed by atoms with E-state index in [2.05, 4.69) is 58.5 Å². The zero-order chi connectivity index (χ0) is 15.6. The molecule has 3 atom stereocenters. The van der Waals surface area contributed by atoms with Crippen molar-refractivity contribution < 1.29 is 0 Å². The van der Waals surface area contributed by atoms with Crippen LogP contribution in [-0.2, 0) is 0 Å². The molecule has 2 fully saturated rings. The topological polar surface area (TPSA) is 29.9 Å². The minimum absolute atomic E-state index is 0.381. The molecule has 3 unspecified atom stereocenters. The number of anilines is 1. The zero-order valence-electron chi connectivity index (χ0n) is 14.7. The first kappa shape index (κ1) is 14.9. The maximum Gasteiger partial charge on any atom is 0.0828 e. The van der Waals surface area contributed by atoms with Crippen LogP contribution in [0.25, 0.3) is 0 Å². The van der Waals surface area contributed by atoms with Crippen LogP contribution in [0.5, 0.6) is 0 Å². The average molecular weight is 289 g/mol. The Morgan fingerprint density at radius 1 is 1.24 bits per heavy atom. The number of fused-ring (bicyclic) bond motifs is 2. The van der Waals surface area contributed by atoms with Gasteiger partial charge in [-0.1, -0.05) is 20.8 Å². The van der Waals surface area contributed by atoms with Crippen LogP contribution in [0.2, 0.25) is 0 Å². The van der Waals surface area contributed by atoms with Gasteiger partial charge in [-0.05, 0) is 63.7 Å². The zero-order valence-corrected chi connectivity index (χ0v) is 14.7. The van der Waals surface area contributed by atoms with Gasteiger partial charge in [0.25, 0.3) is 0 Å². The summed E-state index contributed by atoms with van der Waals surface area (Å²) < 4.78 is 2.15. The highest BCUT2D eigenvalue weighted by molar-refractivity contribution is 5.54. The van der Waals surface area contributed by atoms with Crippen LogP contribution in [0.1, 0.15) is 71.3 Å². The van der Waals surface area contributed by atoms with E-state index < -0.39 is 0 Å². The Hall–Kier alpha value is -0.990. The molecular formula is C18H31N3. The molecule has 1 heterocycles. The van der Waals surface area contributed by atoms with E-state index in [-0.39, 0.29) is 0 Å². The summed E-state index contributed by atoms with van der Waals surface area (Å²) in [5, 5.41) is 8.67.